The molecule has 2 amide bonds. The molecule has 7 nitrogen and oxygen atoms in total. The van der Waals surface area contributed by atoms with Crippen molar-refractivity contribution in [3.05, 3.63) is 95.1 Å². The molecule has 0 bridgehead atoms. The van der Waals surface area contributed by atoms with Gasteiger partial charge >= 0.3 is 6.18 Å². The van der Waals surface area contributed by atoms with Crippen LogP contribution in [0.5, 0.6) is 5.75 Å². The normalized spacial score (nSPS) is 11.0. The Morgan fingerprint density at radius 3 is 2.46 bits per heavy atom. The van der Waals surface area contributed by atoms with Gasteiger partial charge in [-0.2, -0.15) is 23.5 Å². The molecule has 178 valence electrons. The van der Waals surface area contributed by atoms with E-state index in [0.29, 0.717) is 16.9 Å². The van der Waals surface area contributed by atoms with E-state index in [0.717, 1.165) is 23.8 Å². The summed E-state index contributed by atoms with van der Waals surface area (Å²) in [6.07, 6.45) is -3.80. The number of hydrazone groups is 1. The summed E-state index contributed by atoms with van der Waals surface area (Å²) < 4.78 is 43.9. The van der Waals surface area contributed by atoms with Crippen molar-refractivity contribution in [2.24, 2.45) is 5.10 Å². The van der Waals surface area contributed by atoms with Crippen LogP contribution in [0.4, 0.5) is 18.9 Å². The summed E-state index contributed by atoms with van der Waals surface area (Å²) in [6, 6.07) is 20.1. The molecule has 0 aliphatic carbocycles. The van der Waals surface area contributed by atoms with E-state index in [4.69, 9.17) is 10.00 Å². The molecule has 0 aromatic heterocycles. The second kappa shape index (κ2) is 11.5. The van der Waals surface area contributed by atoms with Crippen molar-refractivity contribution in [1.82, 2.24) is 5.43 Å². The number of carbonyl (C=O) groups excluding carboxylic acids is 2. The van der Waals surface area contributed by atoms with Crippen molar-refractivity contribution >= 4 is 23.7 Å². The Balaban J connectivity index is 1.45. The molecule has 0 heterocycles. The number of nitrogens with one attached hydrogen (secondary N) is 2. The van der Waals surface area contributed by atoms with E-state index < -0.39 is 30.0 Å². The first-order valence-corrected chi connectivity index (χ1v) is 10.2. The Labute approximate surface area is 198 Å². The monoisotopic (exact) mass is 480 g/mol. The first kappa shape index (κ1) is 25.0. The SMILES string of the molecule is N#Cc1ccccc1COc1ccc(C=NNC(=O)CC(=O)Nc2cccc(C(F)(F)F)c2)cc1. The van der Waals surface area contributed by atoms with E-state index in [2.05, 4.69) is 21.9 Å². The lowest BCUT2D eigenvalue weighted by molar-refractivity contribution is -0.137. The standard InChI is InChI=1S/C25H19F3N4O3/c26-25(27,28)20-6-3-7-21(12-20)31-23(33)13-24(34)32-30-15-17-8-10-22(11-9-17)35-16-19-5-2-1-4-18(19)14-29/h1-12,15H,13,16H2,(H,31,33)(H,32,34). The Morgan fingerprint density at radius 1 is 1.00 bits per heavy atom. The van der Waals surface area contributed by atoms with Gasteiger partial charge in [0.1, 0.15) is 18.8 Å². The Morgan fingerprint density at radius 2 is 1.74 bits per heavy atom. The number of ether oxygens (including phenoxy) is 1. The fourth-order valence-electron chi connectivity index (χ4n) is 2.91. The summed E-state index contributed by atoms with van der Waals surface area (Å²) in [4.78, 5) is 23.8. The second-order valence-electron chi connectivity index (χ2n) is 7.22. The molecule has 0 saturated heterocycles. The predicted octanol–water partition coefficient (Wildman–Crippen LogP) is 4.63. The maximum atomic E-state index is 12.7. The highest BCUT2D eigenvalue weighted by Crippen LogP contribution is 2.30. The average Bonchev–Trinajstić information content (AvgIpc) is 2.83. The second-order valence-corrected chi connectivity index (χ2v) is 7.22. The minimum atomic E-state index is -4.54. The molecule has 10 heteroatoms. The van der Waals surface area contributed by atoms with Crippen LogP contribution in [-0.4, -0.2) is 18.0 Å². The predicted molar refractivity (Wildman–Crippen MR) is 122 cm³/mol. The summed E-state index contributed by atoms with van der Waals surface area (Å²) in [5.74, 6) is -0.941. The topological polar surface area (TPSA) is 104 Å². The lowest BCUT2D eigenvalue weighted by atomic mass is 10.1. The van der Waals surface area contributed by atoms with Crippen LogP contribution in [0, 0.1) is 11.3 Å². The molecule has 2 N–H and O–H groups in total. The Hall–Kier alpha value is -4.65. The number of alkyl halides is 3. The zero-order valence-corrected chi connectivity index (χ0v) is 18.2. The van der Waals surface area contributed by atoms with Crippen LogP contribution >= 0.6 is 0 Å². The fraction of sp³-hybridized carbons (Fsp3) is 0.120. The number of rotatable bonds is 8. The van der Waals surface area contributed by atoms with Gasteiger partial charge in [0.25, 0.3) is 0 Å². The van der Waals surface area contributed by atoms with E-state index in [-0.39, 0.29) is 12.3 Å². The molecule has 0 saturated carbocycles. The summed E-state index contributed by atoms with van der Waals surface area (Å²) in [6.45, 7) is 0.232. The number of anilines is 1. The van der Waals surface area contributed by atoms with E-state index in [1.807, 2.05) is 12.1 Å². The zero-order chi connectivity index (χ0) is 25.3. The number of amides is 2. The number of hydrogen-bond donors (Lipinski definition) is 2. The van der Waals surface area contributed by atoms with Crippen LogP contribution in [0.1, 0.15) is 28.7 Å². The molecular weight excluding hydrogens is 461 g/mol. The van der Waals surface area contributed by atoms with Crippen LogP contribution in [-0.2, 0) is 22.4 Å². The highest BCUT2D eigenvalue weighted by molar-refractivity contribution is 6.03. The van der Waals surface area contributed by atoms with Gasteiger partial charge in [0, 0.05) is 11.3 Å². The number of nitrogens with zero attached hydrogens (tertiary/aromatic N) is 2. The van der Waals surface area contributed by atoms with Crippen LogP contribution in [0.3, 0.4) is 0 Å². The molecule has 0 atom stereocenters. The van der Waals surface area contributed by atoms with Gasteiger partial charge in [-0.25, -0.2) is 5.43 Å². The van der Waals surface area contributed by atoms with E-state index >= 15 is 0 Å². The lowest BCUT2D eigenvalue weighted by Crippen LogP contribution is -2.24. The third-order valence-corrected chi connectivity index (χ3v) is 4.61. The maximum Gasteiger partial charge on any atom is 0.416 e. The quantitative estimate of drug-likeness (QED) is 0.279. The Kier molecular flexibility index (Phi) is 8.19. The molecule has 3 aromatic rings. The van der Waals surface area contributed by atoms with Crippen LogP contribution < -0.4 is 15.5 Å². The van der Waals surface area contributed by atoms with Crippen LogP contribution in [0.15, 0.2) is 77.9 Å². The lowest BCUT2D eigenvalue weighted by Gasteiger charge is -2.09. The largest absolute Gasteiger partial charge is 0.489 e. The zero-order valence-electron chi connectivity index (χ0n) is 18.2. The average molecular weight is 480 g/mol. The van der Waals surface area contributed by atoms with Crippen molar-refractivity contribution in [1.29, 1.82) is 5.26 Å². The molecule has 0 aliphatic rings. The first-order chi connectivity index (χ1) is 16.7. The van der Waals surface area contributed by atoms with Gasteiger partial charge in [-0.05, 0) is 54.1 Å². The number of halogens is 3. The third kappa shape index (κ3) is 7.71. The summed E-state index contributed by atoms with van der Waals surface area (Å²) in [7, 11) is 0. The van der Waals surface area contributed by atoms with Crippen molar-refractivity contribution in [3.63, 3.8) is 0 Å². The summed E-state index contributed by atoms with van der Waals surface area (Å²) in [5, 5.41) is 15.1. The van der Waals surface area contributed by atoms with Gasteiger partial charge in [0.15, 0.2) is 0 Å². The molecule has 0 unspecified atom stereocenters. The summed E-state index contributed by atoms with van der Waals surface area (Å²) >= 11 is 0. The number of nitriles is 1. The van der Waals surface area contributed by atoms with E-state index in [9.17, 15) is 22.8 Å². The minimum Gasteiger partial charge on any atom is -0.489 e. The van der Waals surface area contributed by atoms with E-state index in [1.54, 1.807) is 36.4 Å². The van der Waals surface area contributed by atoms with E-state index in [1.165, 1.54) is 12.3 Å². The molecule has 0 aliphatic heterocycles. The number of carbonyl (C=O) groups is 2. The third-order valence-electron chi connectivity index (χ3n) is 4.61. The van der Waals surface area contributed by atoms with Gasteiger partial charge in [-0.15, -0.1) is 0 Å². The van der Waals surface area contributed by atoms with Crippen molar-refractivity contribution in [3.8, 4) is 11.8 Å². The number of benzene rings is 3. The molecule has 0 spiro atoms. The molecule has 3 aromatic carbocycles. The maximum absolute atomic E-state index is 12.7. The van der Waals surface area contributed by atoms with Gasteiger partial charge < -0.3 is 10.1 Å². The molecule has 0 fully saturated rings. The van der Waals surface area contributed by atoms with Crippen molar-refractivity contribution in [2.75, 3.05) is 5.32 Å². The smallest absolute Gasteiger partial charge is 0.416 e. The van der Waals surface area contributed by atoms with Crippen LogP contribution in [0.2, 0.25) is 0 Å². The van der Waals surface area contributed by atoms with Gasteiger partial charge in [0.2, 0.25) is 11.8 Å². The molecule has 0 radical (unpaired) electrons. The van der Waals surface area contributed by atoms with Crippen LogP contribution in [0.25, 0.3) is 0 Å². The number of hydrogen-bond acceptors (Lipinski definition) is 5. The summed E-state index contributed by atoms with van der Waals surface area (Å²) in [5.41, 5.74) is 3.15. The fourth-order valence-corrected chi connectivity index (χ4v) is 2.91. The van der Waals surface area contributed by atoms with Gasteiger partial charge in [-0.3, -0.25) is 9.59 Å². The molecule has 35 heavy (non-hydrogen) atoms. The Bertz CT molecular complexity index is 1270. The highest BCUT2D eigenvalue weighted by Gasteiger charge is 2.30. The first-order valence-electron chi connectivity index (χ1n) is 10.2. The minimum absolute atomic E-state index is 0.0699. The van der Waals surface area contributed by atoms with Gasteiger partial charge in [-0.1, -0.05) is 24.3 Å². The molecular formula is C25H19F3N4O3. The van der Waals surface area contributed by atoms with Crippen molar-refractivity contribution < 1.29 is 27.5 Å². The van der Waals surface area contributed by atoms with Crippen molar-refractivity contribution in [2.45, 2.75) is 19.2 Å². The van der Waals surface area contributed by atoms with Gasteiger partial charge in [0.05, 0.1) is 23.4 Å². The molecule has 3 rings (SSSR count). The highest BCUT2D eigenvalue weighted by atomic mass is 19.4.